The number of hydrogen-bond acceptors (Lipinski definition) is 3. The quantitative estimate of drug-likeness (QED) is 0.646. The Balaban J connectivity index is 1.71. The summed E-state index contributed by atoms with van der Waals surface area (Å²) in [4.78, 5) is 0. The molecule has 0 saturated carbocycles. The molecule has 62 valence electrons. The minimum Gasteiger partial charge on any atom is -0.487 e. The molecule has 0 bridgehead atoms. The molecule has 2 heterocycles. The topological polar surface area (TPSA) is 34.3 Å². The number of benzene rings is 1. The van der Waals surface area contributed by atoms with Crippen LogP contribution in [0.15, 0.2) is 18.2 Å². The van der Waals surface area contributed by atoms with Crippen molar-refractivity contribution < 1.29 is 14.2 Å². The van der Waals surface area contributed by atoms with Gasteiger partial charge in [0.15, 0.2) is 11.5 Å². The first-order chi connectivity index (χ1) is 5.93. The van der Waals surface area contributed by atoms with Crippen LogP contribution in [-0.4, -0.2) is 19.3 Å². The van der Waals surface area contributed by atoms with Crippen LogP contribution in [0.3, 0.4) is 0 Å². The highest BCUT2D eigenvalue weighted by molar-refractivity contribution is 5.62. The van der Waals surface area contributed by atoms with Gasteiger partial charge in [-0.25, -0.2) is 0 Å². The lowest BCUT2D eigenvalue weighted by atomic mass is 10.3. The zero-order chi connectivity index (χ0) is 7.97. The van der Waals surface area contributed by atoms with Gasteiger partial charge < -0.3 is 14.2 Å². The molecule has 1 unspecified atom stereocenters. The number of epoxide rings is 1. The SMILES string of the molecule is c1cc(OCC2CO2)c2c(c1)O2. The summed E-state index contributed by atoms with van der Waals surface area (Å²) in [6, 6.07) is 5.76. The lowest BCUT2D eigenvalue weighted by Gasteiger charge is -1.99. The van der Waals surface area contributed by atoms with Crippen molar-refractivity contribution >= 4 is 0 Å². The zero-order valence-corrected chi connectivity index (χ0v) is 6.45. The number of para-hydroxylation sites is 1. The predicted octanol–water partition coefficient (Wildman–Crippen LogP) is 1.57. The van der Waals surface area contributed by atoms with Crippen LogP contribution < -0.4 is 9.47 Å². The van der Waals surface area contributed by atoms with E-state index in [4.69, 9.17) is 14.2 Å². The fourth-order valence-electron chi connectivity index (χ4n) is 1.13. The van der Waals surface area contributed by atoms with Crippen LogP contribution in [0.25, 0.3) is 0 Å². The van der Waals surface area contributed by atoms with Crippen molar-refractivity contribution in [3.63, 3.8) is 0 Å². The molecule has 1 aromatic rings. The molecule has 3 nitrogen and oxygen atoms in total. The fraction of sp³-hybridized carbons (Fsp3) is 0.333. The number of fused-ring (bicyclic) bond motifs is 1. The van der Waals surface area contributed by atoms with E-state index >= 15 is 0 Å². The van der Waals surface area contributed by atoms with Crippen molar-refractivity contribution in [2.45, 2.75) is 6.10 Å². The lowest BCUT2D eigenvalue weighted by Crippen LogP contribution is -2.03. The molecule has 1 aromatic carbocycles. The Kier molecular flexibility index (Phi) is 1.12. The van der Waals surface area contributed by atoms with E-state index in [0.29, 0.717) is 12.7 Å². The summed E-state index contributed by atoms with van der Waals surface area (Å²) in [6.45, 7) is 1.47. The van der Waals surface area contributed by atoms with Crippen molar-refractivity contribution in [3.05, 3.63) is 18.2 Å². The van der Waals surface area contributed by atoms with Crippen molar-refractivity contribution in [3.8, 4) is 17.2 Å². The summed E-state index contributed by atoms with van der Waals surface area (Å²) in [5, 5.41) is 0. The molecule has 1 fully saturated rings. The highest BCUT2D eigenvalue weighted by atomic mass is 16.6. The van der Waals surface area contributed by atoms with Crippen molar-refractivity contribution in [1.29, 1.82) is 0 Å². The van der Waals surface area contributed by atoms with E-state index in [2.05, 4.69) is 0 Å². The van der Waals surface area contributed by atoms with Crippen LogP contribution in [0.1, 0.15) is 0 Å². The molecule has 0 N–H and O–H groups in total. The van der Waals surface area contributed by atoms with Crippen molar-refractivity contribution in [2.75, 3.05) is 13.2 Å². The number of hydrogen-bond donors (Lipinski definition) is 0. The Morgan fingerprint density at radius 1 is 1.50 bits per heavy atom. The third kappa shape index (κ3) is 1.02. The molecule has 0 aromatic heterocycles. The third-order valence-corrected chi connectivity index (χ3v) is 1.94. The van der Waals surface area contributed by atoms with Crippen molar-refractivity contribution in [2.24, 2.45) is 0 Å². The van der Waals surface area contributed by atoms with Gasteiger partial charge in [-0.1, -0.05) is 6.07 Å². The zero-order valence-electron chi connectivity index (χ0n) is 6.45. The largest absolute Gasteiger partial charge is 0.487 e. The van der Waals surface area contributed by atoms with Gasteiger partial charge in [-0.3, -0.25) is 0 Å². The maximum absolute atomic E-state index is 5.46. The van der Waals surface area contributed by atoms with Gasteiger partial charge in [-0.15, -0.1) is 0 Å². The molecule has 0 radical (unpaired) electrons. The van der Waals surface area contributed by atoms with E-state index < -0.39 is 0 Å². The average molecular weight is 164 g/mol. The summed E-state index contributed by atoms with van der Waals surface area (Å²) >= 11 is 0. The second-order valence-electron chi connectivity index (χ2n) is 2.95. The highest BCUT2D eigenvalue weighted by Crippen LogP contribution is 2.52. The van der Waals surface area contributed by atoms with Crippen LogP contribution in [0.2, 0.25) is 0 Å². The summed E-state index contributed by atoms with van der Waals surface area (Å²) in [7, 11) is 0. The molecule has 2 aliphatic rings. The molecule has 2 aliphatic heterocycles. The van der Waals surface area contributed by atoms with E-state index in [9.17, 15) is 0 Å². The van der Waals surface area contributed by atoms with Gasteiger partial charge >= 0.3 is 0 Å². The molecule has 3 heteroatoms. The monoisotopic (exact) mass is 164 g/mol. The highest BCUT2D eigenvalue weighted by Gasteiger charge is 2.28. The van der Waals surface area contributed by atoms with E-state index in [1.165, 1.54) is 0 Å². The second-order valence-corrected chi connectivity index (χ2v) is 2.95. The summed E-state index contributed by atoms with van der Waals surface area (Å²) in [6.07, 6.45) is 0.305. The van der Waals surface area contributed by atoms with E-state index in [1.807, 2.05) is 18.2 Å². The molecule has 0 spiro atoms. The first-order valence-electron chi connectivity index (χ1n) is 3.99. The molecule has 0 aliphatic carbocycles. The molecule has 1 atom stereocenters. The first-order valence-corrected chi connectivity index (χ1v) is 3.99. The van der Waals surface area contributed by atoms with E-state index in [1.54, 1.807) is 0 Å². The van der Waals surface area contributed by atoms with Gasteiger partial charge in [0, 0.05) is 0 Å². The molecule has 12 heavy (non-hydrogen) atoms. The maximum Gasteiger partial charge on any atom is 0.211 e. The van der Waals surface area contributed by atoms with Crippen molar-refractivity contribution in [1.82, 2.24) is 0 Å². The predicted molar refractivity (Wildman–Crippen MR) is 41.8 cm³/mol. The minimum absolute atomic E-state index is 0.305. The Hall–Kier alpha value is -1.22. The molecule has 3 rings (SSSR count). The van der Waals surface area contributed by atoms with Gasteiger partial charge in [0.05, 0.1) is 6.61 Å². The van der Waals surface area contributed by atoms with Gasteiger partial charge in [-0.05, 0) is 12.1 Å². The average Bonchev–Trinajstić information content (AvgIpc) is 2.95. The maximum atomic E-state index is 5.46. The van der Waals surface area contributed by atoms with Crippen LogP contribution in [0.4, 0.5) is 0 Å². The summed E-state index contributed by atoms with van der Waals surface area (Å²) in [5.74, 6) is 2.66. The molecular weight excluding hydrogens is 156 g/mol. The molecule has 1 saturated heterocycles. The normalized spacial score (nSPS) is 22.5. The minimum atomic E-state index is 0.305. The van der Waals surface area contributed by atoms with E-state index in [0.717, 1.165) is 23.9 Å². The Bertz CT molecular complexity index is 318. The lowest BCUT2D eigenvalue weighted by molar-refractivity contribution is 0.261. The Labute approximate surface area is 69.9 Å². The second kappa shape index (κ2) is 2.14. The summed E-state index contributed by atoms with van der Waals surface area (Å²) < 4.78 is 15.6. The van der Waals surface area contributed by atoms with Gasteiger partial charge in [0.1, 0.15) is 12.7 Å². The number of rotatable bonds is 3. The third-order valence-electron chi connectivity index (χ3n) is 1.94. The molecule has 0 amide bonds. The van der Waals surface area contributed by atoms with Crippen LogP contribution in [-0.2, 0) is 4.74 Å². The number of ether oxygens (including phenoxy) is 3. The van der Waals surface area contributed by atoms with Gasteiger partial charge in [-0.2, -0.15) is 0 Å². The molecular formula is C9H8O3. The van der Waals surface area contributed by atoms with Gasteiger partial charge in [0.25, 0.3) is 0 Å². The Morgan fingerprint density at radius 2 is 2.42 bits per heavy atom. The summed E-state index contributed by atoms with van der Waals surface area (Å²) in [5.41, 5.74) is 0. The van der Waals surface area contributed by atoms with Gasteiger partial charge in [0.2, 0.25) is 5.75 Å². The van der Waals surface area contributed by atoms with Crippen LogP contribution >= 0.6 is 0 Å². The first kappa shape index (κ1) is 6.31. The van der Waals surface area contributed by atoms with Crippen LogP contribution in [0, 0.1) is 0 Å². The van der Waals surface area contributed by atoms with E-state index in [-0.39, 0.29) is 0 Å². The van der Waals surface area contributed by atoms with Crippen LogP contribution in [0.5, 0.6) is 17.2 Å². The standard InChI is InChI=1S/C9H8O3/c1-2-7(9-8(3-1)12-9)11-5-6-4-10-6/h1-3,6H,4-5H2. The Morgan fingerprint density at radius 3 is 3.25 bits per heavy atom. The smallest absolute Gasteiger partial charge is 0.211 e. The fourth-order valence-corrected chi connectivity index (χ4v) is 1.13.